The van der Waals surface area contributed by atoms with E-state index in [4.69, 9.17) is 10.5 Å². The first-order valence-corrected chi connectivity index (χ1v) is 6.02. The third-order valence-electron chi connectivity index (χ3n) is 3.51. The summed E-state index contributed by atoms with van der Waals surface area (Å²) in [6, 6.07) is -0.265. The second kappa shape index (κ2) is 5.64. The molecule has 1 aliphatic rings. The summed E-state index contributed by atoms with van der Waals surface area (Å²) < 4.78 is 4.79. The fourth-order valence-electron chi connectivity index (χ4n) is 2.29. The van der Waals surface area contributed by atoms with Crippen LogP contribution < -0.4 is 5.73 Å². The second-order valence-corrected chi connectivity index (χ2v) is 5.33. The minimum absolute atomic E-state index is 0.206. The van der Waals surface area contributed by atoms with Crippen molar-refractivity contribution in [3.63, 3.8) is 0 Å². The largest absolute Gasteiger partial charge is 0.468 e. The second-order valence-electron chi connectivity index (χ2n) is 5.33. The lowest BCUT2D eigenvalue weighted by atomic mass is 9.85. The highest BCUT2D eigenvalue weighted by Crippen LogP contribution is 2.30. The van der Waals surface area contributed by atoms with Crippen LogP contribution in [0.25, 0.3) is 0 Å². The van der Waals surface area contributed by atoms with E-state index in [-0.39, 0.29) is 12.0 Å². The molecule has 1 fully saturated rings. The number of methoxy groups -OCH3 is 1. The van der Waals surface area contributed by atoms with Gasteiger partial charge in [-0.3, -0.25) is 9.69 Å². The van der Waals surface area contributed by atoms with Gasteiger partial charge in [0, 0.05) is 6.54 Å². The Kier molecular flexibility index (Phi) is 4.74. The zero-order valence-corrected chi connectivity index (χ0v) is 10.7. The number of nitrogens with two attached hydrogens (primary N) is 1. The Morgan fingerprint density at radius 3 is 2.69 bits per heavy atom. The van der Waals surface area contributed by atoms with Crippen LogP contribution in [0.1, 0.15) is 33.1 Å². The molecule has 94 valence electrons. The van der Waals surface area contributed by atoms with E-state index in [1.807, 2.05) is 0 Å². The number of carbonyl (C=O) groups is 1. The summed E-state index contributed by atoms with van der Waals surface area (Å²) in [6.07, 6.45) is 3.45. The lowest BCUT2D eigenvalue weighted by Gasteiger charge is -2.28. The minimum Gasteiger partial charge on any atom is -0.468 e. The number of hydrogen-bond donors (Lipinski definition) is 1. The first-order valence-electron chi connectivity index (χ1n) is 6.02. The molecule has 1 saturated heterocycles. The van der Waals surface area contributed by atoms with Crippen LogP contribution in [0.5, 0.6) is 0 Å². The van der Waals surface area contributed by atoms with Crippen LogP contribution in [0.15, 0.2) is 0 Å². The molecule has 0 aliphatic carbocycles. The van der Waals surface area contributed by atoms with Gasteiger partial charge >= 0.3 is 5.97 Å². The van der Waals surface area contributed by atoms with Gasteiger partial charge < -0.3 is 10.5 Å². The number of ether oxygens (including phenoxy) is 1. The van der Waals surface area contributed by atoms with Crippen molar-refractivity contribution in [2.75, 3.05) is 26.7 Å². The van der Waals surface area contributed by atoms with E-state index in [9.17, 15) is 4.79 Å². The molecule has 0 saturated carbocycles. The first kappa shape index (κ1) is 13.5. The monoisotopic (exact) mass is 228 g/mol. The quantitative estimate of drug-likeness (QED) is 0.732. The van der Waals surface area contributed by atoms with Crippen molar-refractivity contribution in [2.45, 2.75) is 39.2 Å². The predicted octanol–water partition coefficient (Wildman–Crippen LogP) is 0.999. The summed E-state index contributed by atoms with van der Waals surface area (Å²) >= 11 is 0. The topological polar surface area (TPSA) is 55.6 Å². The highest BCUT2D eigenvalue weighted by molar-refractivity contribution is 5.75. The lowest BCUT2D eigenvalue weighted by Crippen LogP contribution is -2.47. The van der Waals surface area contributed by atoms with Crippen LogP contribution in [0.2, 0.25) is 0 Å². The molecule has 0 spiro atoms. The summed E-state index contributed by atoms with van der Waals surface area (Å²) in [5, 5.41) is 0. The smallest absolute Gasteiger partial charge is 0.324 e. The summed E-state index contributed by atoms with van der Waals surface area (Å²) in [7, 11) is 1.42. The van der Waals surface area contributed by atoms with Gasteiger partial charge in [0.05, 0.1) is 7.11 Å². The van der Waals surface area contributed by atoms with Gasteiger partial charge in [0.1, 0.15) is 6.04 Å². The molecule has 0 amide bonds. The van der Waals surface area contributed by atoms with Gasteiger partial charge in [-0.15, -0.1) is 0 Å². The van der Waals surface area contributed by atoms with Gasteiger partial charge in [-0.2, -0.15) is 0 Å². The van der Waals surface area contributed by atoms with E-state index < -0.39 is 0 Å². The standard InChI is InChI=1S/C12H24N2O2/c1-12(2)5-4-7-14(8-6-12)10(9-13)11(15)16-3/h10H,4-9,13H2,1-3H3. The van der Waals surface area contributed by atoms with E-state index in [0.29, 0.717) is 12.0 Å². The summed E-state index contributed by atoms with van der Waals surface area (Å²) in [5.41, 5.74) is 6.04. The molecule has 1 unspecified atom stereocenters. The van der Waals surface area contributed by atoms with Gasteiger partial charge in [0.15, 0.2) is 0 Å². The van der Waals surface area contributed by atoms with Gasteiger partial charge in [0.25, 0.3) is 0 Å². The average molecular weight is 228 g/mol. The Balaban J connectivity index is 2.62. The van der Waals surface area contributed by atoms with Crippen LogP contribution in [0, 0.1) is 5.41 Å². The van der Waals surface area contributed by atoms with Crippen molar-refractivity contribution < 1.29 is 9.53 Å². The van der Waals surface area contributed by atoms with Crippen molar-refractivity contribution in [3.05, 3.63) is 0 Å². The minimum atomic E-state index is -0.265. The Bertz CT molecular complexity index is 241. The first-order chi connectivity index (χ1) is 7.50. The average Bonchev–Trinajstić information content (AvgIpc) is 2.41. The number of esters is 1. The molecular weight excluding hydrogens is 204 g/mol. The van der Waals surface area contributed by atoms with Crippen LogP contribution in [-0.2, 0) is 9.53 Å². The highest BCUT2D eigenvalue weighted by atomic mass is 16.5. The Labute approximate surface area is 98.1 Å². The van der Waals surface area contributed by atoms with Crippen LogP contribution in [0.3, 0.4) is 0 Å². The van der Waals surface area contributed by atoms with E-state index in [1.165, 1.54) is 13.5 Å². The summed E-state index contributed by atoms with van der Waals surface area (Å²) in [6.45, 7) is 6.79. The molecule has 1 atom stereocenters. The molecule has 1 rings (SSSR count). The molecule has 0 bridgehead atoms. The third kappa shape index (κ3) is 3.46. The molecule has 0 radical (unpaired) electrons. The van der Waals surface area contributed by atoms with E-state index in [2.05, 4.69) is 18.7 Å². The van der Waals surface area contributed by atoms with Crippen molar-refractivity contribution in [2.24, 2.45) is 11.1 Å². The SMILES string of the molecule is COC(=O)C(CN)N1CCCC(C)(C)CC1. The van der Waals surface area contributed by atoms with E-state index >= 15 is 0 Å². The lowest BCUT2D eigenvalue weighted by molar-refractivity contribution is -0.146. The molecule has 0 aromatic rings. The fraction of sp³-hybridized carbons (Fsp3) is 0.917. The Morgan fingerprint density at radius 2 is 2.12 bits per heavy atom. The summed E-state index contributed by atoms with van der Waals surface area (Å²) in [5.74, 6) is -0.206. The van der Waals surface area contributed by atoms with E-state index in [1.54, 1.807) is 0 Å². The maximum atomic E-state index is 11.6. The van der Waals surface area contributed by atoms with Crippen molar-refractivity contribution in [3.8, 4) is 0 Å². The van der Waals surface area contributed by atoms with Crippen molar-refractivity contribution in [1.82, 2.24) is 4.90 Å². The van der Waals surface area contributed by atoms with Gasteiger partial charge in [-0.05, 0) is 37.8 Å². The highest BCUT2D eigenvalue weighted by Gasteiger charge is 2.30. The van der Waals surface area contributed by atoms with E-state index in [0.717, 1.165) is 25.9 Å². The molecule has 4 nitrogen and oxygen atoms in total. The van der Waals surface area contributed by atoms with Crippen LogP contribution >= 0.6 is 0 Å². The maximum absolute atomic E-state index is 11.6. The molecule has 1 heterocycles. The number of likely N-dealkylation sites (tertiary alicyclic amines) is 1. The molecule has 0 aromatic carbocycles. The van der Waals surface area contributed by atoms with Crippen LogP contribution in [0.4, 0.5) is 0 Å². The maximum Gasteiger partial charge on any atom is 0.324 e. The number of rotatable bonds is 3. The molecular formula is C12H24N2O2. The zero-order chi connectivity index (χ0) is 12.2. The Morgan fingerprint density at radius 1 is 1.44 bits per heavy atom. The number of nitrogens with zero attached hydrogens (tertiary/aromatic N) is 1. The van der Waals surface area contributed by atoms with Crippen molar-refractivity contribution >= 4 is 5.97 Å². The van der Waals surface area contributed by atoms with Gasteiger partial charge in [0.2, 0.25) is 0 Å². The Hall–Kier alpha value is -0.610. The van der Waals surface area contributed by atoms with Crippen molar-refractivity contribution in [1.29, 1.82) is 0 Å². The zero-order valence-electron chi connectivity index (χ0n) is 10.7. The van der Waals surface area contributed by atoms with Crippen LogP contribution in [-0.4, -0.2) is 43.7 Å². The number of hydrogen-bond acceptors (Lipinski definition) is 4. The summed E-state index contributed by atoms with van der Waals surface area (Å²) in [4.78, 5) is 13.7. The predicted molar refractivity (Wildman–Crippen MR) is 64.1 cm³/mol. The molecule has 2 N–H and O–H groups in total. The fourth-order valence-corrected chi connectivity index (χ4v) is 2.29. The normalized spacial score (nSPS) is 23.5. The number of carbonyl (C=O) groups excluding carboxylic acids is 1. The molecule has 0 aromatic heterocycles. The van der Waals surface area contributed by atoms with Gasteiger partial charge in [-0.1, -0.05) is 13.8 Å². The van der Waals surface area contributed by atoms with Gasteiger partial charge in [-0.25, -0.2) is 0 Å². The third-order valence-corrected chi connectivity index (χ3v) is 3.51. The molecule has 4 heteroatoms. The molecule has 16 heavy (non-hydrogen) atoms. The molecule has 1 aliphatic heterocycles.